The summed E-state index contributed by atoms with van der Waals surface area (Å²) in [4.78, 5) is 12.7. The van der Waals surface area contributed by atoms with Gasteiger partial charge >= 0.3 is 0 Å². The van der Waals surface area contributed by atoms with Crippen LogP contribution >= 0.6 is 11.6 Å². The molecule has 0 radical (unpaired) electrons. The highest BCUT2D eigenvalue weighted by Crippen LogP contribution is 2.45. The molecule has 0 saturated carbocycles. The maximum Gasteiger partial charge on any atom is 0.264 e. The number of hydrogen-bond acceptors (Lipinski definition) is 5. The van der Waals surface area contributed by atoms with Gasteiger partial charge in [-0.1, -0.05) is 29.8 Å². The number of rotatable bonds is 5. The average molecular weight is 497 g/mol. The second-order valence-electron chi connectivity index (χ2n) is 9.41. The lowest BCUT2D eigenvalue weighted by molar-refractivity contribution is -0.147. The normalized spacial score (nSPS) is 23.4. The number of pyridine rings is 1. The van der Waals surface area contributed by atoms with Gasteiger partial charge in [-0.3, -0.25) is 4.98 Å². The van der Waals surface area contributed by atoms with Crippen LogP contribution in [0.4, 0.5) is 8.78 Å². The van der Waals surface area contributed by atoms with Gasteiger partial charge in [0.2, 0.25) is 0 Å². The lowest BCUT2D eigenvalue weighted by Crippen LogP contribution is -2.27. The van der Waals surface area contributed by atoms with E-state index in [1.165, 1.54) is 12.4 Å². The van der Waals surface area contributed by atoms with Crippen LogP contribution in [0.15, 0.2) is 60.8 Å². The van der Waals surface area contributed by atoms with Gasteiger partial charge in [-0.25, -0.2) is 18.7 Å². The number of benzene rings is 1. The van der Waals surface area contributed by atoms with Gasteiger partial charge in [-0.2, -0.15) is 0 Å². The monoisotopic (exact) mass is 496 g/mol. The Labute approximate surface area is 205 Å². The third kappa shape index (κ3) is 3.80. The SMILES string of the molecule is CC1(C)O[C@@H]2[C@H](O1)C(CCc1ccc(C(F)F)c3ccncc13)=C[C@H]2n1ccc2c(Cl)ncnc21. The topological polar surface area (TPSA) is 62.1 Å². The van der Waals surface area contributed by atoms with Crippen LogP contribution in [0.5, 0.6) is 0 Å². The first-order valence-electron chi connectivity index (χ1n) is 11.5. The number of aromatic nitrogens is 4. The molecule has 1 aliphatic heterocycles. The summed E-state index contributed by atoms with van der Waals surface area (Å²) in [6, 6.07) is 6.74. The highest BCUT2D eigenvalue weighted by Gasteiger charge is 2.50. The third-order valence-corrected chi connectivity index (χ3v) is 7.16. The van der Waals surface area contributed by atoms with Crippen LogP contribution in [0.3, 0.4) is 0 Å². The minimum Gasteiger partial charge on any atom is -0.342 e. The van der Waals surface area contributed by atoms with Crippen LogP contribution in [-0.2, 0) is 15.9 Å². The first-order chi connectivity index (χ1) is 16.8. The molecule has 1 fully saturated rings. The number of alkyl halides is 2. The van der Waals surface area contributed by atoms with Crippen molar-refractivity contribution in [2.75, 3.05) is 0 Å². The van der Waals surface area contributed by atoms with Crippen LogP contribution in [0.25, 0.3) is 21.8 Å². The molecular weight excluding hydrogens is 474 g/mol. The number of halogens is 3. The van der Waals surface area contributed by atoms with Gasteiger partial charge in [0.15, 0.2) is 5.79 Å². The summed E-state index contributed by atoms with van der Waals surface area (Å²) in [7, 11) is 0. The van der Waals surface area contributed by atoms with E-state index < -0.39 is 12.2 Å². The van der Waals surface area contributed by atoms with E-state index in [1.54, 1.807) is 24.5 Å². The Bertz CT molecular complexity index is 1470. The van der Waals surface area contributed by atoms with Crippen LogP contribution in [-0.4, -0.2) is 37.5 Å². The van der Waals surface area contributed by atoms with Crippen LogP contribution < -0.4 is 0 Å². The second kappa shape index (κ2) is 8.33. The van der Waals surface area contributed by atoms with Gasteiger partial charge < -0.3 is 14.0 Å². The van der Waals surface area contributed by atoms with Gasteiger partial charge in [0, 0.05) is 29.5 Å². The van der Waals surface area contributed by atoms with Crippen molar-refractivity contribution in [3.05, 3.63) is 77.1 Å². The first kappa shape index (κ1) is 22.5. The summed E-state index contributed by atoms with van der Waals surface area (Å²) in [6.45, 7) is 3.82. The highest BCUT2D eigenvalue weighted by molar-refractivity contribution is 6.33. The standard InChI is InChI=1S/C26H23ClF2N4O2/c1-26(2)34-21-15(4-3-14-5-6-17(24(28)29)16-7-9-30-12-19(14)16)11-20(22(21)35-26)33-10-8-18-23(27)31-13-32-25(18)33/h5-13,20-22,24H,3-4H2,1-2H3/t20-,21-,22+/m1/s1. The average Bonchev–Trinajstić information content (AvgIpc) is 3.49. The van der Waals surface area contributed by atoms with Gasteiger partial charge in [0.05, 0.1) is 11.4 Å². The van der Waals surface area contributed by atoms with E-state index in [0.717, 1.165) is 27.6 Å². The summed E-state index contributed by atoms with van der Waals surface area (Å²) in [5.74, 6) is -0.724. The number of aryl methyl sites for hydroxylation is 1. The van der Waals surface area contributed by atoms with E-state index >= 15 is 0 Å². The zero-order valence-corrected chi connectivity index (χ0v) is 19.9. The Kier molecular flexibility index (Phi) is 5.36. The quantitative estimate of drug-likeness (QED) is 0.243. The maximum absolute atomic E-state index is 13.5. The number of fused-ring (bicyclic) bond motifs is 3. The largest absolute Gasteiger partial charge is 0.342 e. The van der Waals surface area contributed by atoms with E-state index in [0.29, 0.717) is 23.4 Å². The molecule has 6 nitrogen and oxygen atoms in total. The smallest absolute Gasteiger partial charge is 0.264 e. The van der Waals surface area contributed by atoms with Crippen LogP contribution in [0.1, 0.15) is 43.9 Å². The van der Waals surface area contributed by atoms with Crippen molar-refractivity contribution in [2.24, 2.45) is 0 Å². The van der Waals surface area contributed by atoms with Gasteiger partial charge in [-0.05, 0) is 55.3 Å². The van der Waals surface area contributed by atoms with E-state index in [-0.39, 0.29) is 23.8 Å². The molecule has 0 spiro atoms. The second-order valence-corrected chi connectivity index (χ2v) is 9.77. The molecule has 180 valence electrons. The van der Waals surface area contributed by atoms with Crippen LogP contribution in [0, 0.1) is 0 Å². The third-order valence-electron chi connectivity index (χ3n) is 6.86. The molecule has 1 aliphatic carbocycles. The molecule has 2 aliphatic rings. The Morgan fingerprint density at radius 1 is 1.06 bits per heavy atom. The van der Waals surface area contributed by atoms with Crippen molar-refractivity contribution in [3.63, 3.8) is 0 Å². The van der Waals surface area contributed by atoms with Crippen molar-refractivity contribution in [1.29, 1.82) is 0 Å². The van der Waals surface area contributed by atoms with Gasteiger partial charge in [-0.15, -0.1) is 0 Å². The van der Waals surface area contributed by atoms with Crippen molar-refractivity contribution < 1.29 is 18.3 Å². The van der Waals surface area contributed by atoms with E-state index in [2.05, 4.69) is 25.6 Å². The Morgan fingerprint density at radius 3 is 2.74 bits per heavy atom. The predicted octanol–water partition coefficient (Wildman–Crippen LogP) is 6.20. The number of nitrogens with zero attached hydrogens (tertiary/aromatic N) is 4. The summed E-state index contributed by atoms with van der Waals surface area (Å²) in [5.41, 5.74) is 2.85. The Morgan fingerprint density at radius 2 is 1.91 bits per heavy atom. The lowest BCUT2D eigenvalue weighted by atomic mass is 9.96. The molecule has 4 heterocycles. The molecule has 0 bridgehead atoms. The molecule has 1 saturated heterocycles. The molecule has 0 N–H and O–H groups in total. The molecule has 9 heteroatoms. The molecule has 1 aromatic carbocycles. The fourth-order valence-corrected chi connectivity index (χ4v) is 5.53. The summed E-state index contributed by atoms with van der Waals surface area (Å²) in [5, 5.41) is 2.48. The molecule has 0 unspecified atom stereocenters. The fourth-order valence-electron chi connectivity index (χ4n) is 5.34. The van der Waals surface area contributed by atoms with Crippen LogP contribution in [0.2, 0.25) is 5.15 Å². The molecule has 3 atom stereocenters. The van der Waals surface area contributed by atoms with Crippen molar-refractivity contribution in [3.8, 4) is 0 Å². The van der Waals surface area contributed by atoms with Crippen molar-refractivity contribution >= 4 is 33.4 Å². The maximum atomic E-state index is 13.5. The molecule has 3 aromatic heterocycles. The highest BCUT2D eigenvalue weighted by atomic mass is 35.5. The molecule has 35 heavy (non-hydrogen) atoms. The summed E-state index contributed by atoms with van der Waals surface area (Å²) < 4.78 is 41.7. The minimum absolute atomic E-state index is 0.0285. The minimum atomic E-state index is -2.53. The van der Waals surface area contributed by atoms with Crippen molar-refractivity contribution in [1.82, 2.24) is 19.5 Å². The summed E-state index contributed by atoms with van der Waals surface area (Å²) >= 11 is 6.27. The van der Waals surface area contributed by atoms with E-state index in [4.69, 9.17) is 21.1 Å². The zero-order chi connectivity index (χ0) is 24.3. The summed E-state index contributed by atoms with van der Waals surface area (Å²) in [6.07, 6.45) is 7.19. The molecule has 0 amide bonds. The fraction of sp³-hybridized carbons (Fsp3) is 0.346. The van der Waals surface area contributed by atoms with Gasteiger partial charge in [0.25, 0.3) is 6.43 Å². The zero-order valence-electron chi connectivity index (χ0n) is 19.2. The van der Waals surface area contributed by atoms with E-state index in [1.807, 2.05) is 26.1 Å². The van der Waals surface area contributed by atoms with Crippen molar-refractivity contribution in [2.45, 2.75) is 57.2 Å². The molecule has 6 rings (SSSR count). The number of hydrogen-bond donors (Lipinski definition) is 0. The van der Waals surface area contributed by atoms with Gasteiger partial charge in [0.1, 0.15) is 29.3 Å². The molecule has 4 aromatic rings. The number of ether oxygens (including phenoxy) is 2. The predicted molar refractivity (Wildman–Crippen MR) is 129 cm³/mol. The lowest BCUT2D eigenvalue weighted by Gasteiger charge is -2.22. The Hall–Kier alpha value is -2.94. The van der Waals surface area contributed by atoms with E-state index in [9.17, 15) is 8.78 Å². The Balaban J connectivity index is 1.34. The first-order valence-corrected chi connectivity index (χ1v) is 11.9. The molecular formula is C26H23ClF2N4O2.